The minimum absolute atomic E-state index is 0.00374. The van der Waals surface area contributed by atoms with Crippen LogP contribution in [0.15, 0.2) is 29.4 Å². The molecule has 1 aromatic rings. The summed E-state index contributed by atoms with van der Waals surface area (Å²) in [6, 6.07) is 7.08. The van der Waals surface area contributed by atoms with Gasteiger partial charge in [0.25, 0.3) is 5.91 Å². The van der Waals surface area contributed by atoms with Gasteiger partial charge in [-0.05, 0) is 56.0 Å². The van der Waals surface area contributed by atoms with Gasteiger partial charge in [0.2, 0.25) is 5.91 Å². The van der Waals surface area contributed by atoms with E-state index in [-0.39, 0.29) is 29.9 Å². The maximum atomic E-state index is 12.0. The lowest BCUT2D eigenvalue weighted by Crippen LogP contribution is -2.32. The number of sulfone groups is 1. The molecule has 0 aromatic heterocycles. The van der Waals surface area contributed by atoms with Crippen LogP contribution in [0.5, 0.6) is 5.75 Å². The summed E-state index contributed by atoms with van der Waals surface area (Å²) >= 11 is 0. The van der Waals surface area contributed by atoms with Crippen LogP contribution >= 0.6 is 0 Å². The third kappa shape index (κ3) is 5.31. The second kappa shape index (κ2) is 8.72. The zero-order valence-electron chi connectivity index (χ0n) is 15.9. The second-order valence-corrected chi connectivity index (χ2v) is 9.40. The van der Waals surface area contributed by atoms with Crippen molar-refractivity contribution in [1.82, 2.24) is 10.3 Å². The summed E-state index contributed by atoms with van der Waals surface area (Å²) in [6.07, 6.45) is 2.43. The third-order valence-electron chi connectivity index (χ3n) is 5.03. The molecule has 0 bridgehead atoms. The molecular formula is C19H25N3O5S. The quantitative estimate of drug-likeness (QED) is 0.559. The Balaban J connectivity index is 1.50. The molecule has 2 saturated heterocycles. The average molecular weight is 407 g/mol. The highest BCUT2D eigenvalue weighted by molar-refractivity contribution is 7.91. The van der Waals surface area contributed by atoms with Crippen LogP contribution in [0.1, 0.15) is 31.7 Å². The number of carbonyl (C=O) groups excluding carboxylic acids is 2. The molecule has 2 aliphatic rings. The predicted octanol–water partition coefficient (Wildman–Crippen LogP) is 0.963. The van der Waals surface area contributed by atoms with Crippen molar-refractivity contribution in [3.63, 3.8) is 0 Å². The van der Waals surface area contributed by atoms with Crippen LogP contribution in [-0.2, 0) is 19.4 Å². The first-order valence-corrected chi connectivity index (χ1v) is 11.2. The molecule has 28 heavy (non-hydrogen) atoms. The summed E-state index contributed by atoms with van der Waals surface area (Å²) in [6.45, 7) is 3.37. The zero-order chi connectivity index (χ0) is 20.1. The molecule has 0 saturated carbocycles. The Bertz CT molecular complexity index is 858. The molecule has 1 atom stereocenters. The smallest absolute Gasteiger partial charge is 0.260 e. The van der Waals surface area contributed by atoms with Crippen molar-refractivity contribution in [2.45, 2.75) is 26.2 Å². The predicted molar refractivity (Wildman–Crippen MR) is 105 cm³/mol. The number of hydrazone groups is 1. The van der Waals surface area contributed by atoms with Crippen molar-refractivity contribution < 1.29 is 22.7 Å². The lowest BCUT2D eigenvalue weighted by molar-refractivity contribution is -0.132. The van der Waals surface area contributed by atoms with Crippen molar-refractivity contribution in [2.75, 3.05) is 31.2 Å². The summed E-state index contributed by atoms with van der Waals surface area (Å²) in [5.74, 6) is -0.392. The van der Waals surface area contributed by atoms with E-state index in [1.165, 1.54) is 0 Å². The maximum absolute atomic E-state index is 12.0. The van der Waals surface area contributed by atoms with Gasteiger partial charge in [0.15, 0.2) is 16.4 Å². The number of rotatable bonds is 6. The molecule has 0 unspecified atom stereocenters. The van der Waals surface area contributed by atoms with Gasteiger partial charge >= 0.3 is 0 Å². The first kappa shape index (κ1) is 20.3. The van der Waals surface area contributed by atoms with E-state index >= 15 is 0 Å². The van der Waals surface area contributed by atoms with Gasteiger partial charge in [-0.3, -0.25) is 9.59 Å². The van der Waals surface area contributed by atoms with E-state index in [0.29, 0.717) is 17.9 Å². The van der Waals surface area contributed by atoms with Gasteiger partial charge in [-0.25, -0.2) is 13.8 Å². The summed E-state index contributed by atoms with van der Waals surface area (Å²) < 4.78 is 28.5. The molecule has 0 aliphatic carbocycles. The molecular weight excluding hydrogens is 382 g/mol. The van der Waals surface area contributed by atoms with Crippen LogP contribution in [0.2, 0.25) is 0 Å². The van der Waals surface area contributed by atoms with E-state index in [1.807, 2.05) is 4.90 Å². The van der Waals surface area contributed by atoms with Gasteiger partial charge in [-0.2, -0.15) is 5.10 Å². The van der Waals surface area contributed by atoms with E-state index in [1.54, 1.807) is 31.2 Å². The first-order chi connectivity index (χ1) is 13.3. The monoisotopic (exact) mass is 407 g/mol. The zero-order valence-corrected chi connectivity index (χ0v) is 16.7. The number of benzene rings is 1. The number of ether oxygens (including phenoxy) is 1. The van der Waals surface area contributed by atoms with E-state index in [0.717, 1.165) is 31.5 Å². The SMILES string of the molecule is C/C(=N/NC(=O)[C@@H]1CCS(=O)(=O)C1)c1ccc(OCC(=O)N2CCCC2)cc1. The van der Waals surface area contributed by atoms with Gasteiger partial charge in [0.1, 0.15) is 5.75 Å². The lowest BCUT2D eigenvalue weighted by Gasteiger charge is -2.15. The largest absolute Gasteiger partial charge is 0.484 e. The summed E-state index contributed by atoms with van der Waals surface area (Å²) in [5, 5.41) is 4.06. The van der Waals surface area contributed by atoms with Gasteiger partial charge < -0.3 is 9.64 Å². The van der Waals surface area contributed by atoms with E-state index in [4.69, 9.17) is 4.74 Å². The number of hydrogen-bond acceptors (Lipinski definition) is 6. The van der Waals surface area contributed by atoms with Gasteiger partial charge in [0, 0.05) is 13.1 Å². The molecule has 2 aliphatic heterocycles. The summed E-state index contributed by atoms with van der Waals surface area (Å²) in [5.41, 5.74) is 3.83. The number of nitrogens with one attached hydrogen (secondary N) is 1. The standard InChI is InChI=1S/C19H25N3O5S/c1-14(20-21-19(24)16-8-11-28(25,26)13-16)15-4-6-17(7-5-15)27-12-18(23)22-9-2-3-10-22/h4-7,16H,2-3,8-13H2,1H3,(H,21,24)/b20-14-/t16-/m1/s1. The van der Waals surface area contributed by atoms with Crippen molar-refractivity contribution in [3.05, 3.63) is 29.8 Å². The van der Waals surface area contributed by atoms with Crippen LogP contribution < -0.4 is 10.2 Å². The van der Waals surface area contributed by atoms with Crippen LogP contribution in [0, 0.1) is 5.92 Å². The Labute approximate surface area is 164 Å². The Morgan fingerprint density at radius 2 is 1.89 bits per heavy atom. The molecule has 1 aromatic carbocycles. The van der Waals surface area contributed by atoms with Crippen molar-refractivity contribution in [2.24, 2.45) is 11.0 Å². The molecule has 9 heteroatoms. The van der Waals surface area contributed by atoms with Crippen LogP contribution in [0.3, 0.4) is 0 Å². The van der Waals surface area contributed by atoms with Gasteiger partial charge in [-0.1, -0.05) is 0 Å². The van der Waals surface area contributed by atoms with Gasteiger partial charge in [0.05, 0.1) is 23.1 Å². The van der Waals surface area contributed by atoms with E-state index in [2.05, 4.69) is 10.5 Å². The van der Waals surface area contributed by atoms with E-state index < -0.39 is 15.8 Å². The van der Waals surface area contributed by atoms with Crippen LogP contribution in [-0.4, -0.2) is 62.0 Å². The fourth-order valence-corrected chi connectivity index (χ4v) is 5.03. The molecule has 2 fully saturated rings. The number of nitrogens with zero attached hydrogens (tertiary/aromatic N) is 2. The number of amides is 2. The summed E-state index contributed by atoms with van der Waals surface area (Å²) in [4.78, 5) is 25.8. The highest BCUT2D eigenvalue weighted by Crippen LogP contribution is 2.18. The molecule has 1 N–H and O–H groups in total. The third-order valence-corrected chi connectivity index (χ3v) is 6.80. The molecule has 2 heterocycles. The molecule has 2 amide bonds. The molecule has 0 radical (unpaired) electrons. The molecule has 8 nitrogen and oxygen atoms in total. The van der Waals surface area contributed by atoms with E-state index in [9.17, 15) is 18.0 Å². The minimum Gasteiger partial charge on any atom is -0.484 e. The number of carbonyl (C=O) groups is 2. The van der Waals surface area contributed by atoms with Crippen molar-refractivity contribution in [3.8, 4) is 5.75 Å². The Kier molecular flexibility index (Phi) is 6.33. The minimum atomic E-state index is -3.10. The number of likely N-dealkylation sites (tertiary alicyclic amines) is 1. The Morgan fingerprint density at radius 1 is 1.21 bits per heavy atom. The summed E-state index contributed by atoms with van der Waals surface area (Å²) in [7, 11) is -3.10. The van der Waals surface area contributed by atoms with Gasteiger partial charge in [-0.15, -0.1) is 0 Å². The normalized spacial score (nSPS) is 21.5. The molecule has 152 valence electrons. The Morgan fingerprint density at radius 3 is 2.50 bits per heavy atom. The topological polar surface area (TPSA) is 105 Å². The highest BCUT2D eigenvalue weighted by Gasteiger charge is 2.32. The first-order valence-electron chi connectivity index (χ1n) is 9.40. The molecule has 3 rings (SSSR count). The van der Waals surface area contributed by atoms with Crippen molar-refractivity contribution >= 4 is 27.4 Å². The maximum Gasteiger partial charge on any atom is 0.260 e. The number of hydrogen-bond donors (Lipinski definition) is 1. The lowest BCUT2D eigenvalue weighted by atomic mass is 10.1. The second-order valence-electron chi connectivity index (χ2n) is 7.17. The Hall–Kier alpha value is -2.42. The average Bonchev–Trinajstić information content (AvgIpc) is 3.34. The fraction of sp³-hybridized carbons (Fsp3) is 0.526. The van der Waals surface area contributed by atoms with Crippen LogP contribution in [0.4, 0.5) is 0 Å². The fourth-order valence-electron chi connectivity index (χ4n) is 3.29. The van der Waals surface area contributed by atoms with Crippen molar-refractivity contribution in [1.29, 1.82) is 0 Å². The molecule has 0 spiro atoms. The van der Waals surface area contributed by atoms with Crippen LogP contribution in [0.25, 0.3) is 0 Å². The highest BCUT2D eigenvalue weighted by atomic mass is 32.2.